The summed E-state index contributed by atoms with van der Waals surface area (Å²) in [7, 11) is 1.77. The lowest BCUT2D eigenvalue weighted by atomic mass is 10.00. The molecule has 1 aliphatic rings. The van der Waals surface area contributed by atoms with Crippen molar-refractivity contribution in [2.24, 2.45) is 16.5 Å². The van der Waals surface area contributed by atoms with Gasteiger partial charge < -0.3 is 31.2 Å². The minimum atomic E-state index is -0.752. The molecule has 0 radical (unpaired) electrons. The molecule has 0 spiro atoms. The largest absolute Gasteiger partial charge is 0.370 e. The van der Waals surface area contributed by atoms with E-state index in [1.807, 2.05) is 95.6 Å². The molecule has 4 aromatic carbocycles. The minimum Gasteiger partial charge on any atom is -0.370 e. The number of carbonyl (C=O) groups is 3. The Morgan fingerprint density at radius 3 is 2.45 bits per heavy atom. The number of likely N-dealkylation sites (N-methyl/N-ethyl adjacent to an activating group) is 1. The Hall–Kier alpha value is -5.64. The van der Waals surface area contributed by atoms with Gasteiger partial charge in [-0.1, -0.05) is 91.0 Å². The van der Waals surface area contributed by atoms with Gasteiger partial charge >= 0.3 is 0 Å². The van der Waals surface area contributed by atoms with Crippen LogP contribution in [0.4, 0.5) is 0 Å². The number of hydrogen-bond acceptors (Lipinski definition) is 4. The van der Waals surface area contributed by atoms with E-state index < -0.39 is 12.1 Å². The maximum absolute atomic E-state index is 14.1. The Morgan fingerprint density at radius 2 is 1.66 bits per heavy atom. The van der Waals surface area contributed by atoms with Gasteiger partial charge in [0.15, 0.2) is 5.96 Å². The second-order valence-electron chi connectivity index (χ2n) is 12.0. The fourth-order valence-electron chi connectivity index (χ4n) is 6.39. The molecule has 0 saturated carbocycles. The normalized spacial score (nSPS) is 15.1. The first-order valence-electron chi connectivity index (χ1n) is 15.8. The summed E-state index contributed by atoms with van der Waals surface area (Å²) in [6, 6.07) is 30.1. The zero-order valence-corrected chi connectivity index (χ0v) is 26.4. The van der Waals surface area contributed by atoms with Gasteiger partial charge in [0.2, 0.25) is 11.8 Å². The van der Waals surface area contributed by atoms with Gasteiger partial charge in [0, 0.05) is 50.2 Å². The summed E-state index contributed by atoms with van der Waals surface area (Å²) in [6.45, 7) is 1.62. The van der Waals surface area contributed by atoms with Crippen molar-refractivity contribution in [3.05, 3.63) is 120 Å². The summed E-state index contributed by atoms with van der Waals surface area (Å²) in [4.78, 5) is 49.1. The smallest absolute Gasteiger partial charge is 0.254 e. The highest BCUT2D eigenvalue weighted by atomic mass is 16.2. The van der Waals surface area contributed by atoms with Crippen LogP contribution in [-0.2, 0) is 29.1 Å². The lowest BCUT2D eigenvalue weighted by Gasteiger charge is -2.31. The van der Waals surface area contributed by atoms with Crippen LogP contribution in [0.25, 0.3) is 21.7 Å². The fourth-order valence-corrected chi connectivity index (χ4v) is 6.39. The zero-order valence-electron chi connectivity index (χ0n) is 26.4. The lowest BCUT2D eigenvalue weighted by Crippen LogP contribution is -2.51. The van der Waals surface area contributed by atoms with Crippen LogP contribution < -0.4 is 16.8 Å². The molecule has 1 saturated heterocycles. The minimum absolute atomic E-state index is 0.00684. The third kappa shape index (κ3) is 6.96. The first-order valence-corrected chi connectivity index (χ1v) is 15.8. The molecule has 2 atom stereocenters. The number of aromatic nitrogens is 1. The van der Waals surface area contributed by atoms with Gasteiger partial charge in [-0.05, 0) is 34.4 Å². The highest BCUT2D eigenvalue weighted by Crippen LogP contribution is 2.25. The number of rotatable bonds is 11. The fraction of sp³-hybridized carbons (Fsp3) is 0.243. The first kappa shape index (κ1) is 31.3. The second-order valence-corrected chi connectivity index (χ2v) is 12.0. The number of nitrogens with two attached hydrogens (primary N) is 2. The Morgan fingerprint density at radius 1 is 0.936 bits per heavy atom. The van der Waals surface area contributed by atoms with Gasteiger partial charge in [0.25, 0.3) is 5.91 Å². The zero-order chi connectivity index (χ0) is 32.9. The van der Waals surface area contributed by atoms with Crippen molar-refractivity contribution in [2.45, 2.75) is 38.0 Å². The molecule has 10 heteroatoms. The van der Waals surface area contributed by atoms with E-state index in [-0.39, 0.29) is 23.7 Å². The summed E-state index contributed by atoms with van der Waals surface area (Å²) in [5, 5.41) is 5.92. The van der Waals surface area contributed by atoms with Crippen LogP contribution in [0, 0.1) is 0 Å². The van der Waals surface area contributed by atoms with Gasteiger partial charge in [-0.2, -0.15) is 0 Å². The quantitative estimate of drug-likeness (QED) is 0.151. The van der Waals surface area contributed by atoms with Crippen LogP contribution in [0.5, 0.6) is 0 Å². The number of amides is 3. The van der Waals surface area contributed by atoms with Gasteiger partial charge in [0.1, 0.15) is 12.1 Å². The molecule has 0 bridgehead atoms. The molecule has 2 unspecified atom stereocenters. The van der Waals surface area contributed by atoms with Gasteiger partial charge in [0.05, 0.1) is 12.1 Å². The molecule has 5 aromatic rings. The number of hydrogen-bond donors (Lipinski definition) is 3. The maximum Gasteiger partial charge on any atom is 0.254 e. The summed E-state index contributed by atoms with van der Waals surface area (Å²) in [5.41, 5.74) is 14.3. The van der Waals surface area contributed by atoms with Crippen molar-refractivity contribution in [3.8, 4) is 0 Å². The van der Waals surface area contributed by atoms with Crippen LogP contribution in [0.3, 0.4) is 0 Å². The molecule has 6 rings (SSSR count). The number of nitrogens with zero attached hydrogens (tertiary/aromatic N) is 4. The van der Waals surface area contributed by atoms with Gasteiger partial charge in [-0.25, -0.2) is 0 Å². The van der Waals surface area contributed by atoms with Gasteiger partial charge in [-0.15, -0.1) is 0 Å². The molecule has 3 amide bonds. The molecular formula is C37H39N7O3. The van der Waals surface area contributed by atoms with Gasteiger partial charge in [-0.3, -0.25) is 19.4 Å². The average molecular weight is 630 g/mol. The molecule has 47 heavy (non-hydrogen) atoms. The van der Waals surface area contributed by atoms with Crippen molar-refractivity contribution >= 4 is 45.4 Å². The maximum atomic E-state index is 14.1. The molecule has 1 aromatic heterocycles. The lowest BCUT2D eigenvalue weighted by molar-refractivity contribution is -0.143. The third-order valence-electron chi connectivity index (χ3n) is 8.76. The van der Waals surface area contributed by atoms with Crippen molar-refractivity contribution in [3.63, 3.8) is 0 Å². The van der Waals surface area contributed by atoms with E-state index in [2.05, 4.69) is 16.4 Å². The van der Waals surface area contributed by atoms with Crippen LogP contribution in [-0.4, -0.2) is 70.3 Å². The molecule has 2 heterocycles. The second kappa shape index (κ2) is 13.8. The van der Waals surface area contributed by atoms with E-state index in [9.17, 15) is 14.4 Å². The summed E-state index contributed by atoms with van der Waals surface area (Å²) >= 11 is 0. The monoisotopic (exact) mass is 629 g/mol. The highest BCUT2D eigenvalue weighted by Gasteiger charge is 2.40. The Bertz CT molecular complexity index is 1950. The molecule has 1 fully saturated rings. The predicted octanol–water partition coefficient (Wildman–Crippen LogP) is 3.67. The molecular weight excluding hydrogens is 590 g/mol. The molecule has 5 N–H and O–H groups in total. The highest BCUT2D eigenvalue weighted by molar-refractivity contribution is 6.08. The van der Waals surface area contributed by atoms with Crippen molar-refractivity contribution < 1.29 is 14.4 Å². The Balaban J connectivity index is 1.23. The molecule has 1 aliphatic heterocycles. The molecule has 0 aliphatic carbocycles. The van der Waals surface area contributed by atoms with E-state index in [1.165, 1.54) is 0 Å². The van der Waals surface area contributed by atoms with Crippen LogP contribution in [0.2, 0.25) is 0 Å². The number of likely N-dealkylation sites (tertiary alicyclic amines) is 1. The number of fused-ring (bicyclic) bond motifs is 2. The summed E-state index contributed by atoms with van der Waals surface area (Å²) < 4.78 is 1.93. The SMILES string of the molecule is CN(Cc1ccccc1)C(=O)C(Cc1ccc2ccccc2c1)N1CCC(NC(=O)c2cn(CCN=C(N)N)c3ccccc23)C1=O. The van der Waals surface area contributed by atoms with Crippen LogP contribution in [0.15, 0.2) is 108 Å². The first-order chi connectivity index (χ1) is 22.8. The van der Waals surface area contributed by atoms with Crippen molar-refractivity contribution in [1.29, 1.82) is 0 Å². The van der Waals surface area contributed by atoms with E-state index >= 15 is 0 Å². The molecule has 240 valence electrons. The number of benzene rings is 4. The van der Waals surface area contributed by atoms with Crippen molar-refractivity contribution in [2.75, 3.05) is 20.1 Å². The average Bonchev–Trinajstić information content (AvgIpc) is 3.63. The standard InChI is InChI=1S/C37H39N7O3/c1-42(23-25-9-3-2-4-10-25)36(47)33(22-26-15-16-27-11-5-6-12-28(27)21-26)44-19-17-31(35(44)46)41-34(45)30-24-43(20-18-40-37(38)39)32-14-8-7-13-29(30)32/h2-16,21,24,31,33H,17-20,22-23H2,1H3,(H,41,45)(H4,38,39,40). The topological polar surface area (TPSA) is 139 Å². The number of nitrogens with one attached hydrogen (secondary N) is 1. The van der Waals surface area contributed by atoms with E-state index in [0.717, 1.165) is 32.8 Å². The van der Waals surface area contributed by atoms with E-state index in [1.54, 1.807) is 23.0 Å². The summed E-state index contributed by atoms with van der Waals surface area (Å²) in [5.74, 6) is -0.749. The Labute approximate surface area is 273 Å². The predicted molar refractivity (Wildman–Crippen MR) is 185 cm³/mol. The third-order valence-corrected chi connectivity index (χ3v) is 8.76. The van der Waals surface area contributed by atoms with E-state index in [0.29, 0.717) is 44.6 Å². The summed E-state index contributed by atoms with van der Waals surface area (Å²) in [6.07, 6.45) is 2.53. The van der Waals surface area contributed by atoms with E-state index in [4.69, 9.17) is 11.5 Å². The van der Waals surface area contributed by atoms with Crippen LogP contribution >= 0.6 is 0 Å². The molecule has 10 nitrogen and oxygen atoms in total. The van der Waals surface area contributed by atoms with Crippen LogP contribution in [0.1, 0.15) is 27.9 Å². The number of para-hydroxylation sites is 1. The number of guanidine groups is 1. The number of carbonyl (C=O) groups excluding carboxylic acids is 3. The van der Waals surface area contributed by atoms with Crippen molar-refractivity contribution in [1.82, 2.24) is 19.7 Å². The Kier molecular flexibility index (Phi) is 9.19. The number of aliphatic imine (C=N–C) groups is 1.